The van der Waals surface area contributed by atoms with Gasteiger partial charge in [0.2, 0.25) is 5.91 Å². The molecule has 2 atom stereocenters. The van der Waals surface area contributed by atoms with Crippen LogP contribution in [0.25, 0.3) is 0 Å². The van der Waals surface area contributed by atoms with E-state index in [1.807, 2.05) is 13.0 Å². The van der Waals surface area contributed by atoms with Crippen LogP contribution in [0.2, 0.25) is 0 Å². The van der Waals surface area contributed by atoms with Crippen molar-refractivity contribution in [2.45, 2.75) is 225 Å². The number of nitrogens with one attached hydrogen (secondary N) is 1. The molecule has 3 N–H and O–H groups in total. The number of aliphatic hydroxyl groups is 2. The highest BCUT2D eigenvalue weighted by Crippen LogP contribution is 2.16. The third kappa shape index (κ3) is 35.7. The summed E-state index contributed by atoms with van der Waals surface area (Å²) < 4.78 is 0. The van der Waals surface area contributed by atoms with Gasteiger partial charge in [0.05, 0.1) is 18.8 Å². The molecular formula is C43H81NO3. The molecule has 0 saturated heterocycles. The van der Waals surface area contributed by atoms with Gasteiger partial charge in [-0.2, -0.15) is 0 Å². The molecule has 0 aliphatic carbocycles. The van der Waals surface area contributed by atoms with E-state index < -0.39 is 12.1 Å². The predicted octanol–water partition coefficient (Wildman–Crippen LogP) is 12.6. The second kappa shape index (κ2) is 39.1. The minimum absolute atomic E-state index is 0.0788. The van der Waals surface area contributed by atoms with Crippen LogP contribution in [-0.2, 0) is 4.79 Å². The monoisotopic (exact) mass is 660 g/mol. The zero-order chi connectivity index (χ0) is 34.3. The molecule has 276 valence electrons. The zero-order valence-corrected chi connectivity index (χ0v) is 31.5. The van der Waals surface area contributed by atoms with Gasteiger partial charge in [-0.15, -0.1) is 0 Å². The summed E-state index contributed by atoms with van der Waals surface area (Å²) in [6.45, 7) is 4.07. The lowest BCUT2D eigenvalue weighted by molar-refractivity contribution is -0.123. The topological polar surface area (TPSA) is 69.6 Å². The number of allylic oxidation sites excluding steroid dienone is 5. The first-order chi connectivity index (χ1) is 23.2. The van der Waals surface area contributed by atoms with Crippen LogP contribution in [-0.4, -0.2) is 34.9 Å². The normalized spacial score (nSPS) is 13.4. The van der Waals surface area contributed by atoms with Crippen molar-refractivity contribution in [1.29, 1.82) is 0 Å². The van der Waals surface area contributed by atoms with Crippen LogP contribution in [0.3, 0.4) is 0 Å². The number of aliphatic hydroxyl groups excluding tert-OH is 2. The van der Waals surface area contributed by atoms with Gasteiger partial charge in [0.1, 0.15) is 0 Å². The maximum absolute atomic E-state index is 12.3. The molecule has 47 heavy (non-hydrogen) atoms. The van der Waals surface area contributed by atoms with Crippen LogP contribution < -0.4 is 5.32 Å². The fourth-order valence-electron chi connectivity index (χ4n) is 6.28. The van der Waals surface area contributed by atoms with Gasteiger partial charge in [-0.3, -0.25) is 4.79 Å². The van der Waals surface area contributed by atoms with Crippen molar-refractivity contribution in [3.05, 3.63) is 36.5 Å². The van der Waals surface area contributed by atoms with Gasteiger partial charge in [-0.1, -0.05) is 204 Å². The molecule has 1 amide bonds. The Bertz CT molecular complexity index is 716. The van der Waals surface area contributed by atoms with E-state index in [1.54, 1.807) is 6.08 Å². The van der Waals surface area contributed by atoms with Crippen molar-refractivity contribution in [3.8, 4) is 0 Å². The molecule has 0 spiro atoms. The van der Waals surface area contributed by atoms with E-state index >= 15 is 0 Å². The molecule has 2 unspecified atom stereocenters. The molecule has 0 rings (SSSR count). The number of hydrogen-bond acceptors (Lipinski definition) is 3. The Morgan fingerprint density at radius 2 is 0.872 bits per heavy atom. The highest BCUT2D eigenvalue weighted by molar-refractivity contribution is 5.76. The fourth-order valence-corrected chi connectivity index (χ4v) is 6.28. The molecule has 0 aromatic rings. The van der Waals surface area contributed by atoms with Crippen LogP contribution in [0.5, 0.6) is 0 Å². The lowest BCUT2D eigenvalue weighted by Gasteiger charge is -2.19. The van der Waals surface area contributed by atoms with Crippen LogP contribution in [0.4, 0.5) is 0 Å². The average molecular weight is 660 g/mol. The quantitative estimate of drug-likeness (QED) is 0.0459. The van der Waals surface area contributed by atoms with Gasteiger partial charge in [0.25, 0.3) is 0 Å². The Labute approximate surface area is 293 Å². The first-order valence-electron chi connectivity index (χ1n) is 20.7. The van der Waals surface area contributed by atoms with Gasteiger partial charge < -0.3 is 15.5 Å². The summed E-state index contributed by atoms with van der Waals surface area (Å²) in [6.07, 6.45) is 51.4. The zero-order valence-electron chi connectivity index (χ0n) is 31.5. The Hall–Kier alpha value is -1.39. The third-order valence-electron chi connectivity index (χ3n) is 9.45. The standard InChI is InChI=1S/C43H81NO3/c1-3-5-7-9-11-13-14-15-16-17-18-19-20-21-22-23-24-25-26-27-28-29-31-33-35-37-39-43(47)44-41(40-45)42(46)38-36-34-32-30-12-10-8-6-4-2/h4,6,12,30,36,38,41-42,45-46H,3,5,7-11,13-29,31-35,37,39-40H2,1-2H3,(H,44,47)/b6-4+,30-12+,38-36+. The fraction of sp³-hybridized carbons (Fsp3) is 0.837. The van der Waals surface area contributed by atoms with Crippen LogP contribution in [0.15, 0.2) is 36.5 Å². The highest BCUT2D eigenvalue weighted by atomic mass is 16.3. The van der Waals surface area contributed by atoms with Gasteiger partial charge in [0, 0.05) is 6.42 Å². The minimum Gasteiger partial charge on any atom is -0.394 e. The number of unbranched alkanes of at least 4 members (excludes halogenated alkanes) is 27. The summed E-state index contributed by atoms with van der Waals surface area (Å²) in [5, 5.41) is 22.8. The Kier molecular flexibility index (Phi) is 37.9. The van der Waals surface area contributed by atoms with Gasteiger partial charge in [0.15, 0.2) is 0 Å². The maximum atomic E-state index is 12.3. The van der Waals surface area contributed by atoms with Crippen LogP contribution >= 0.6 is 0 Å². The molecule has 0 bridgehead atoms. The molecule has 0 aliphatic rings. The molecule has 0 fully saturated rings. The first kappa shape index (κ1) is 45.6. The number of rotatable bonds is 37. The second-order valence-electron chi connectivity index (χ2n) is 14.1. The van der Waals surface area contributed by atoms with Crippen molar-refractivity contribution in [2.75, 3.05) is 6.61 Å². The Morgan fingerprint density at radius 3 is 1.23 bits per heavy atom. The molecule has 0 saturated carbocycles. The van der Waals surface area contributed by atoms with Crippen molar-refractivity contribution in [1.82, 2.24) is 5.32 Å². The van der Waals surface area contributed by atoms with Crippen molar-refractivity contribution in [3.63, 3.8) is 0 Å². The molecular weight excluding hydrogens is 578 g/mol. The number of amides is 1. The predicted molar refractivity (Wildman–Crippen MR) is 207 cm³/mol. The Balaban J connectivity index is 3.44. The molecule has 4 nitrogen and oxygen atoms in total. The molecule has 4 heteroatoms. The van der Waals surface area contributed by atoms with E-state index in [4.69, 9.17) is 0 Å². The van der Waals surface area contributed by atoms with Crippen molar-refractivity contribution in [2.24, 2.45) is 0 Å². The summed E-state index contributed by atoms with van der Waals surface area (Å²) in [6, 6.07) is -0.640. The molecule has 0 aromatic heterocycles. The summed E-state index contributed by atoms with van der Waals surface area (Å²) in [5.74, 6) is -0.0788. The Morgan fingerprint density at radius 1 is 0.532 bits per heavy atom. The summed E-state index contributed by atoms with van der Waals surface area (Å²) in [5.41, 5.74) is 0. The van der Waals surface area contributed by atoms with E-state index in [1.165, 1.54) is 154 Å². The maximum Gasteiger partial charge on any atom is 0.220 e. The summed E-state index contributed by atoms with van der Waals surface area (Å²) >= 11 is 0. The number of carbonyl (C=O) groups excluding carboxylic acids is 1. The van der Waals surface area contributed by atoms with E-state index in [-0.39, 0.29) is 12.5 Å². The van der Waals surface area contributed by atoms with Crippen molar-refractivity contribution < 1.29 is 15.0 Å². The molecule has 0 aliphatic heterocycles. The highest BCUT2D eigenvalue weighted by Gasteiger charge is 2.17. The van der Waals surface area contributed by atoms with E-state index in [9.17, 15) is 15.0 Å². The smallest absolute Gasteiger partial charge is 0.220 e. The second-order valence-corrected chi connectivity index (χ2v) is 14.1. The van der Waals surface area contributed by atoms with E-state index in [0.29, 0.717) is 6.42 Å². The summed E-state index contributed by atoms with van der Waals surface area (Å²) in [4.78, 5) is 12.3. The minimum atomic E-state index is -0.864. The SMILES string of the molecule is C/C=C/CC/C=C/CC/C=C/C(O)C(CO)NC(=O)CCCCCCCCCCCCCCCCCCCCCCCCCCCC. The van der Waals surface area contributed by atoms with Gasteiger partial charge >= 0.3 is 0 Å². The lowest BCUT2D eigenvalue weighted by Crippen LogP contribution is -2.45. The van der Waals surface area contributed by atoms with E-state index in [2.05, 4.69) is 36.5 Å². The van der Waals surface area contributed by atoms with Crippen LogP contribution in [0, 0.1) is 0 Å². The number of carbonyl (C=O) groups is 1. The van der Waals surface area contributed by atoms with Gasteiger partial charge in [-0.05, 0) is 39.0 Å². The summed E-state index contributed by atoms with van der Waals surface area (Å²) in [7, 11) is 0. The number of hydrogen-bond donors (Lipinski definition) is 3. The lowest BCUT2D eigenvalue weighted by atomic mass is 10.0. The molecule has 0 radical (unpaired) electrons. The van der Waals surface area contributed by atoms with Gasteiger partial charge in [-0.25, -0.2) is 0 Å². The molecule has 0 aromatic carbocycles. The average Bonchev–Trinajstić information content (AvgIpc) is 3.07. The van der Waals surface area contributed by atoms with Crippen molar-refractivity contribution >= 4 is 5.91 Å². The van der Waals surface area contributed by atoms with Crippen LogP contribution in [0.1, 0.15) is 213 Å². The van der Waals surface area contributed by atoms with E-state index in [0.717, 1.165) is 38.5 Å². The first-order valence-corrected chi connectivity index (χ1v) is 20.7. The largest absolute Gasteiger partial charge is 0.394 e. The third-order valence-corrected chi connectivity index (χ3v) is 9.45. The molecule has 0 heterocycles.